The highest BCUT2D eigenvalue weighted by Crippen LogP contribution is 2.25. The first-order valence-corrected chi connectivity index (χ1v) is 10.3. The van der Waals surface area contributed by atoms with E-state index in [-0.39, 0.29) is 29.7 Å². The summed E-state index contributed by atoms with van der Waals surface area (Å²) in [6, 6.07) is 6.57. The Bertz CT molecular complexity index is 784. The molecule has 2 rings (SSSR count). The molecule has 7 nitrogen and oxygen atoms in total. The van der Waals surface area contributed by atoms with E-state index in [2.05, 4.69) is 5.32 Å². The summed E-state index contributed by atoms with van der Waals surface area (Å²) < 4.78 is 25.5. The quantitative estimate of drug-likeness (QED) is 0.839. The predicted octanol–water partition coefficient (Wildman–Crippen LogP) is 1.60. The zero-order valence-electron chi connectivity index (χ0n) is 15.8. The maximum absolute atomic E-state index is 12.8. The Balaban J connectivity index is 2.17. The second-order valence-corrected chi connectivity index (χ2v) is 9.42. The fourth-order valence-corrected chi connectivity index (χ4v) is 4.42. The first kappa shape index (κ1) is 20.2. The van der Waals surface area contributed by atoms with Gasteiger partial charge >= 0.3 is 0 Å². The van der Waals surface area contributed by atoms with E-state index in [4.69, 9.17) is 0 Å². The van der Waals surface area contributed by atoms with Gasteiger partial charge in [0.1, 0.15) is 0 Å². The fourth-order valence-electron chi connectivity index (χ4n) is 2.86. The molecule has 1 aromatic rings. The number of hydrogen-bond donors (Lipinski definition) is 1. The van der Waals surface area contributed by atoms with Crippen LogP contribution in [0.15, 0.2) is 24.3 Å². The number of hydrogen-bond acceptors (Lipinski definition) is 4. The van der Waals surface area contributed by atoms with Crippen molar-refractivity contribution in [3.05, 3.63) is 29.8 Å². The standard InChI is InChI=1S/C18H27N3O4S/c1-5-20(13-16(22)19-18(2,3)4)17(23)14-8-6-9-15(12-14)21-10-7-11-26(21,24)25/h6,8-9,12H,5,7,10-11,13H2,1-4H3,(H,19,22). The van der Waals surface area contributed by atoms with Gasteiger partial charge in [-0.1, -0.05) is 6.07 Å². The highest BCUT2D eigenvalue weighted by atomic mass is 32.2. The Kier molecular flexibility index (Phi) is 5.95. The SMILES string of the molecule is CCN(CC(=O)NC(C)(C)C)C(=O)c1cccc(N2CCCS2(=O)=O)c1. The van der Waals surface area contributed by atoms with Gasteiger partial charge in [-0.3, -0.25) is 13.9 Å². The summed E-state index contributed by atoms with van der Waals surface area (Å²) in [7, 11) is -3.30. The Morgan fingerprint density at radius 2 is 1.96 bits per heavy atom. The van der Waals surface area contributed by atoms with Crippen molar-refractivity contribution in [1.82, 2.24) is 10.2 Å². The van der Waals surface area contributed by atoms with Crippen LogP contribution < -0.4 is 9.62 Å². The molecule has 1 aliphatic heterocycles. The Labute approximate surface area is 155 Å². The van der Waals surface area contributed by atoms with E-state index in [9.17, 15) is 18.0 Å². The minimum absolute atomic E-state index is 0.0428. The highest BCUT2D eigenvalue weighted by Gasteiger charge is 2.29. The van der Waals surface area contributed by atoms with Crippen molar-refractivity contribution in [2.75, 3.05) is 29.7 Å². The number of nitrogens with one attached hydrogen (secondary N) is 1. The molecule has 8 heteroatoms. The molecule has 0 unspecified atom stereocenters. The number of sulfonamides is 1. The number of nitrogens with zero attached hydrogens (tertiary/aromatic N) is 2. The van der Waals surface area contributed by atoms with Gasteiger partial charge in [0, 0.05) is 24.2 Å². The summed E-state index contributed by atoms with van der Waals surface area (Å²) in [5.74, 6) is -0.403. The number of anilines is 1. The number of carbonyl (C=O) groups excluding carboxylic acids is 2. The van der Waals surface area contributed by atoms with Crippen molar-refractivity contribution >= 4 is 27.5 Å². The van der Waals surface area contributed by atoms with Crippen molar-refractivity contribution in [2.45, 2.75) is 39.7 Å². The lowest BCUT2D eigenvalue weighted by Crippen LogP contribution is -2.47. The molecule has 1 heterocycles. The van der Waals surface area contributed by atoms with E-state index in [1.807, 2.05) is 20.8 Å². The Hall–Kier alpha value is -2.09. The van der Waals surface area contributed by atoms with Crippen LogP contribution in [0.2, 0.25) is 0 Å². The van der Waals surface area contributed by atoms with E-state index in [1.54, 1.807) is 31.2 Å². The van der Waals surface area contributed by atoms with E-state index in [0.29, 0.717) is 30.8 Å². The largest absolute Gasteiger partial charge is 0.350 e. The molecule has 2 amide bonds. The van der Waals surface area contributed by atoms with E-state index >= 15 is 0 Å². The van der Waals surface area contributed by atoms with Gasteiger partial charge in [-0.15, -0.1) is 0 Å². The van der Waals surface area contributed by atoms with Crippen LogP contribution in [0.3, 0.4) is 0 Å². The van der Waals surface area contributed by atoms with Crippen molar-refractivity contribution in [1.29, 1.82) is 0 Å². The van der Waals surface area contributed by atoms with Crippen molar-refractivity contribution < 1.29 is 18.0 Å². The molecule has 1 fully saturated rings. The average molecular weight is 381 g/mol. The lowest BCUT2D eigenvalue weighted by molar-refractivity contribution is -0.123. The average Bonchev–Trinajstić information content (AvgIpc) is 2.89. The van der Waals surface area contributed by atoms with Crippen molar-refractivity contribution in [3.63, 3.8) is 0 Å². The van der Waals surface area contributed by atoms with Crippen LogP contribution >= 0.6 is 0 Å². The zero-order chi connectivity index (χ0) is 19.5. The molecule has 1 aliphatic rings. The van der Waals surface area contributed by atoms with Gasteiger partial charge in [-0.05, 0) is 52.3 Å². The summed E-state index contributed by atoms with van der Waals surface area (Å²) in [6.07, 6.45) is 0.578. The van der Waals surface area contributed by atoms with E-state index < -0.39 is 10.0 Å². The minimum Gasteiger partial charge on any atom is -0.350 e. The molecular formula is C18H27N3O4S. The number of amides is 2. The van der Waals surface area contributed by atoms with Gasteiger partial charge in [-0.25, -0.2) is 8.42 Å². The topological polar surface area (TPSA) is 86.8 Å². The molecule has 0 bridgehead atoms. The molecule has 144 valence electrons. The second kappa shape index (κ2) is 7.65. The number of rotatable bonds is 5. The van der Waals surface area contributed by atoms with Gasteiger partial charge in [0.15, 0.2) is 0 Å². The maximum Gasteiger partial charge on any atom is 0.254 e. The van der Waals surface area contributed by atoms with Gasteiger partial charge in [0.2, 0.25) is 15.9 Å². The first-order valence-electron chi connectivity index (χ1n) is 8.74. The van der Waals surface area contributed by atoms with Gasteiger partial charge in [-0.2, -0.15) is 0 Å². The summed E-state index contributed by atoms with van der Waals surface area (Å²) >= 11 is 0. The molecule has 26 heavy (non-hydrogen) atoms. The lowest BCUT2D eigenvalue weighted by Gasteiger charge is -2.25. The summed E-state index contributed by atoms with van der Waals surface area (Å²) in [5.41, 5.74) is 0.488. The number of carbonyl (C=O) groups is 2. The van der Waals surface area contributed by atoms with Crippen LogP contribution in [0.4, 0.5) is 5.69 Å². The molecule has 0 saturated carbocycles. The van der Waals surface area contributed by atoms with Crippen LogP contribution in [0.25, 0.3) is 0 Å². The molecule has 1 N–H and O–H groups in total. The predicted molar refractivity (Wildman–Crippen MR) is 102 cm³/mol. The third kappa shape index (κ3) is 4.97. The Morgan fingerprint density at radius 3 is 2.50 bits per heavy atom. The van der Waals surface area contributed by atoms with Crippen LogP contribution in [-0.2, 0) is 14.8 Å². The lowest BCUT2D eigenvalue weighted by atomic mass is 10.1. The molecule has 0 radical (unpaired) electrons. The van der Waals surface area contributed by atoms with Crippen molar-refractivity contribution in [3.8, 4) is 0 Å². The smallest absolute Gasteiger partial charge is 0.254 e. The van der Waals surface area contributed by atoms with Crippen LogP contribution in [0.1, 0.15) is 44.5 Å². The van der Waals surface area contributed by atoms with Crippen LogP contribution in [0, 0.1) is 0 Å². The van der Waals surface area contributed by atoms with Gasteiger partial charge in [0.05, 0.1) is 18.0 Å². The number of likely N-dealkylation sites (N-methyl/N-ethyl adjacent to an activating group) is 1. The molecule has 0 aromatic heterocycles. The zero-order valence-corrected chi connectivity index (χ0v) is 16.6. The van der Waals surface area contributed by atoms with Crippen molar-refractivity contribution in [2.24, 2.45) is 0 Å². The summed E-state index contributed by atoms with van der Waals surface area (Å²) in [6.45, 7) is 8.19. The molecule has 0 spiro atoms. The fraction of sp³-hybridized carbons (Fsp3) is 0.556. The normalized spacial score (nSPS) is 16.4. The first-order chi connectivity index (χ1) is 12.0. The molecular weight excluding hydrogens is 354 g/mol. The molecule has 1 saturated heterocycles. The summed E-state index contributed by atoms with van der Waals surface area (Å²) in [5, 5.41) is 2.84. The van der Waals surface area contributed by atoms with Crippen LogP contribution in [0.5, 0.6) is 0 Å². The van der Waals surface area contributed by atoms with E-state index in [0.717, 1.165) is 0 Å². The Morgan fingerprint density at radius 1 is 1.27 bits per heavy atom. The molecule has 1 aromatic carbocycles. The molecule has 0 atom stereocenters. The summed E-state index contributed by atoms with van der Waals surface area (Å²) in [4.78, 5) is 26.4. The van der Waals surface area contributed by atoms with Gasteiger partial charge in [0.25, 0.3) is 5.91 Å². The highest BCUT2D eigenvalue weighted by molar-refractivity contribution is 7.93. The maximum atomic E-state index is 12.8. The second-order valence-electron chi connectivity index (χ2n) is 7.41. The van der Waals surface area contributed by atoms with E-state index in [1.165, 1.54) is 9.21 Å². The molecule has 0 aliphatic carbocycles. The minimum atomic E-state index is -3.30. The van der Waals surface area contributed by atoms with Gasteiger partial charge < -0.3 is 10.2 Å². The number of benzene rings is 1. The third-order valence-corrected chi connectivity index (χ3v) is 5.87. The van der Waals surface area contributed by atoms with Crippen LogP contribution in [-0.4, -0.2) is 56.1 Å². The third-order valence-electron chi connectivity index (χ3n) is 4.00. The monoisotopic (exact) mass is 381 g/mol.